The van der Waals surface area contributed by atoms with E-state index in [1.807, 2.05) is 36.4 Å². The number of nitrogens with one attached hydrogen (secondary N) is 1. The molecule has 0 aliphatic rings. The SMILES string of the molecule is O=C(N/N=C\c1c(OC(=O)c2ccc(Cl)cc2)ccc2ccccc12)c1cccc(Br)c1. The highest BCUT2D eigenvalue weighted by Crippen LogP contribution is 2.27. The molecule has 158 valence electrons. The number of benzene rings is 4. The van der Waals surface area contributed by atoms with Crippen molar-refractivity contribution in [2.45, 2.75) is 0 Å². The van der Waals surface area contributed by atoms with Gasteiger partial charge in [-0.05, 0) is 59.3 Å². The molecule has 32 heavy (non-hydrogen) atoms. The van der Waals surface area contributed by atoms with Gasteiger partial charge in [-0.15, -0.1) is 0 Å². The number of hydrogen-bond donors (Lipinski definition) is 1. The molecule has 0 saturated carbocycles. The van der Waals surface area contributed by atoms with Crippen LogP contribution in [0, 0.1) is 0 Å². The molecule has 5 nitrogen and oxygen atoms in total. The summed E-state index contributed by atoms with van der Waals surface area (Å²) < 4.78 is 6.44. The van der Waals surface area contributed by atoms with Crippen molar-refractivity contribution in [3.63, 3.8) is 0 Å². The Morgan fingerprint density at radius 2 is 1.69 bits per heavy atom. The number of hydrogen-bond acceptors (Lipinski definition) is 4. The van der Waals surface area contributed by atoms with Gasteiger partial charge in [-0.3, -0.25) is 4.79 Å². The smallest absolute Gasteiger partial charge is 0.343 e. The highest BCUT2D eigenvalue weighted by atomic mass is 79.9. The zero-order valence-electron chi connectivity index (χ0n) is 16.6. The van der Waals surface area contributed by atoms with Crippen LogP contribution < -0.4 is 10.2 Å². The molecule has 0 aliphatic heterocycles. The first-order chi connectivity index (χ1) is 15.5. The van der Waals surface area contributed by atoms with Gasteiger partial charge in [0.05, 0.1) is 11.8 Å². The number of hydrazone groups is 1. The molecule has 1 N–H and O–H groups in total. The number of amides is 1. The van der Waals surface area contributed by atoms with E-state index in [0.29, 0.717) is 27.5 Å². The predicted octanol–water partition coefficient (Wildman–Crippen LogP) is 6.24. The molecule has 1 amide bonds. The van der Waals surface area contributed by atoms with E-state index in [1.165, 1.54) is 6.21 Å². The van der Waals surface area contributed by atoms with Gasteiger partial charge in [-0.1, -0.05) is 63.9 Å². The fraction of sp³-hybridized carbons (Fsp3) is 0. The second kappa shape index (κ2) is 9.77. The highest BCUT2D eigenvalue weighted by Gasteiger charge is 2.14. The van der Waals surface area contributed by atoms with Crippen molar-refractivity contribution in [2.24, 2.45) is 5.10 Å². The number of rotatable bonds is 5. The summed E-state index contributed by atoms with van der Waals surface area (Å²) in [6, 6.07) is 24.6. The van der Waals surface area contributed by atoms with Crippen LogP contribution in [0.2, 0.25) is 5.02 Å². The van der Waals surface area contributed by atoms with Gasteiger partial charge in [0.15, 0.2) is 0 Å². The molecule has 0 heterocycles. The van der Waals surface area contributed by atoms with Crippen LogP contribution in [0.25, 0.3) is 10.8 Å². The van der Waals surface area contributed by atoms with Crippen LogP contribution in [-0.2, 0) is 0 Å². The Kier molecular flexibility index (Phi) is 6.63. The van der Waals surface area contributed by atoms with Crippen molar-refractivity contribution in [1.29, 1.82) is 0 Å². The normalized spacial score (nSPS) is 10.9. The lowest BCUT2D eigenvalue weighted by Crippen LogP contribution is -2.17. The zero-order valence-corrected chi connectivity index (χ0v) is 18.9. The Hall–Kier alpha value is -3.48. The van der Waals surface area contributed by atoms with Crippen LogP contribution in [-0.4, -0.2) is 18.1 Å². The lowest BCUT2D eigenvalue weighted by atomic mass is 10.0. The first kappa shape index (κ1) is 21.7. The average Bonchev–Trinajstić information content (AvgIpc) is 2.80. The van der Waals surface area contributed by atoms with Crippen molar-refractivity contribution in [3.8, 4) is 5.75 Å². The van der Waals surface area contributed by atoms with Crippen molar-refractivity contribution in [3.05, 3.63) is 111 Å². The van der Waals surface area contributed by atoms with Gasteiger partial charge in [0.2, 0.25) is 0 Å². The van der Waals surface area contributed by atoms with E-state index < -0.39 is 5.97 Å². The molecule has 0 bridgehead atoms. The number of nitrogens with zero attached hydrogens (tertiary/aromatic N) is 1. The maximum Gasteiger partial charge on any atom is 0.343 e. The molecule has 0 atom stereocenters. The van der Waals surface area contributed by atoms with E-state index >= 15 is 0 Å². The Morgan fingerprint density at radius 3 is 2.47 bits per heavy atom. The first-order valence-electron chi connectivity index (χ1n) is 9.60. The van der Waals surface area contributed by atoms with Crippen molar-refractivity contribution < 1.29 is 14.3 Å². The van der Waals surface area contributed by atoms with E-state index in [9.17, 15) is 9.59 Å². The van der Waals surface area contributed by atoms with Crippen molar-refractivity contribution in [1.82, 2.24) is 5.43 Å². The van der Waals surface area contributed by atoms with Gasteiger partial charge in [0, 0.05) is 20.6 Å². The number of carbonyl (C=O) groups excluding carboxylic acids is 2. The van der Waals surface area contributed by atoms with Crippen LogP contribution >= 0.6 is 27.5 Å². The third kappa shape index (κ3) is 5.04. The summed E-state index contributed by atoms with van der Waals surface area (Å²) in [6.07, 6.45) is 1.47. The van der Waals surface area contributed by atoms with E-state index in [-0.39, 0.29) is 5.91 Å². The molecule has 7 heteroatoms. The predicted molar refractivity (Wildman–Crippen MR) is 130 cm³/mol. The van der Waals surface area contributed by atoms with Gasteiger partial charge in [-0.25, -0.2) is 10.2 Å². The third-order valence-corrected chi connectivity index (χ3v) is 5.41. The number of esters is 1. The van der Waals surface area contributed by atoms with E-state index in [0.717, 1.165) is 15.2 Å². The number of ether oxygens (including phenoxy) is 1. The zero-order chi connectivity index (χ0) is 22.5. The summed E-state index contributed by atoms with van der Waals surface area (Å²) in [5.41, 5.74) is 3.91. The highest BCUT2D eigenvalue weighted by molar-refractivity contribution is 9.10. The van der Waals surface area contributed by atoms with Crippen LogP contribution in [0.3, 0.4) is 0 Å². The first-order valence-corrected chi connectivity index (χ1v) is 10.8. The van der Waals surface area contributed by atoms with E-state index in [4.69, 9.17) is 16.3 Å². The minimum absolute atomic E-state index is 0.323. The molecule has 0 radical (unpaired) electrons. The maximum absolute atomic E-state index is 12.6. The van der Waals surface area contributed by atoms with E-state index in [1.54, 1.807) is 48.5 Å². The maximum atomic E-state index is 12.6. The van der Waals surface area contributed by atoms with Gasteiger partial charge >= 0.3 is 5.97 Å². The summed E-state index contributed by atoms with van der Waals surface area (Å²) in [5, 5.41) is 6.40. The lowest BCUT2D eigenvalue weighted by Gasteiger charge is -2.10. The molecule has 0 spiro atoms. The monoisotopic (exact) mass is 506 g/mol. The molecular weight excluding hydrogens is 492 g/mol. The molecule has 4 rings (SSSR count). The topological polar surface area (TPSA) is 67.8 Å². The van der Waals surface area contributed by atoms with E-state index in [2.05, 4.69) is 26.5 Å². The second-order valence-electron chi connectivity index (χ2n) is 6.80. The van der Waals surface area contributed by atoms with Crippen LogP contribution in [0.4, 0.5) is 0 Å². The Balaban J connectivity index is 1.62. The average molecular weight is 508 g/mol. The minimum atomic E-state index is -0.523. The molecule has 4 aromatic rings. The van der Waals surface area contributed by atoms with Crippen molar-refractivity contribution in [2.75, 3.05) is 0 Å². The van der Waals surface area contributed by atoms with Gasteiger partial charge in [0.25, 0.3) is 5.91 Å². The third-order valence-electron chi connectivity index (χ3n) is 4.66. The Morgan fingerprint density at radius 1 is 0.906 bits per heavy atom. The molecule has 0 aromatic heterocycles. The molecule has 0 fully saturated rings. The summed E-state index contributed by atoms with van der Waals surface area (Å²) in [6.45, 7) is 0. The number of carbonyl (C=O) groups is 2. The fourth-order valence-corrected chi connectivity index (χ4v) is 3.62. The Labute approximate surface area is 197 Å². The molecular formula is C25H16BrClN2O3. The van der Waals surface area contributed by atoms with Gasteiger partial charge in [0.1, 0.15) is 5.75 Å². The molecule has 0 saturated heterocycles. The summed E-state index contributed by atoms with van der Waals surface area (Å²) in [4.78, 5) is 25.0. The molecule has 4 aromatic carbocycles. The largest absolute Gasteiger partial charge is 0.422 e. The number of fused-ring (bicyclic) bond motifs is 1. The fourth-order valence-electron chi connectivity index (χ4n) is 3.09. The Bertz CT molecular complexity index is 1340. The van der Waals surface area contributed by atoms with Gasteiger partial charge < -0.3 is 4.74 Å². The summed E-state index contributed by atoms with van der Waals surface area (Å²) in [7, 11) is 0. The molecule has 0 aliphatic carbocycles. The minimum Gasteiger partial charge on any atom is -0.422 e. The summed E-state index contributed by atoms with van der Waals surface area (Å²) in [5.74, 6) is -0.559. The standard InChI is InChI=1S/C25H16BrClN2O3/c26-19-6-3-5-18(14-19)24(30)29-28-15-22-21-7-2-1-4-16(21)10-13-23(22)32-25(31)17-8-11-20(27)12-9-17/h1-15H,(H,29,30)/b28-15-. The lowest BCUT2D eigenvalue weighted by molar-refractivity contribution is 0.0734. The van der Waals surface area contributed by atoms with Crippen LogP contribution in [0.15, 0.2) is 94.5 Å². The molecule has 0 unspecified atom stereocenters. The second-order valence-corrected chi connectivity index (χ2v) is 8.16. The van der Waals surface area contributed by atoms with Crippen LogP contribution in [0.1, 0.15) is 26.3 Å². The number of halogens is 2. The van der Waals surface area contributed by atoms with Gasteiger partial charge in [-0.2, -0.15) is 5.10 Å². The van der Waals surface area contributed by atoms with Crippen molar-refractivity contribution >= 4 is 56.4 Å². The summed E-state index contributed by atoms with van der Waals surface area (Å²) >= 11 is 9.24. The quantitative estimate of drug-likeness (QED) is 0.150. The van der Waals surface area contributed by atoms with Crippen LogP contribution in [0.5, 0.6) is 5.75 Å².